The molecule has 1 N–H and O–H groups in total. The molecular weight excluding hydrogens is 190 g/mol. The summed E-state index contributed by atoms with van der Waals surface area (Å²) in [6.07, 6.45) is 2.71. The molecule has 0 aromatic carbocycles. The molecule has 15 heavy (non-hydrogen) atoms. The van der Waals surface area contributed by atoms with Gasteiger partial charge in [0.05, 0.1) is 0 Å². The smallest absolute Gasteiger partial charge is 0.131 e. The van der Waals surface area contributed by atoms with Crippen LogP contribution >= 0.6 is 0 Å². The monoisotopic (exact) mass is 206 g/mol. The van der Waals surface area contributed by atoms with E-state index in [9.17, 15) is 5.11 Å². The summed E-state index contributed by atoms with van der Waals surface area (Å²) < 4.78 is 0. The average Bonchev–Trinajstić information content (AvgIpc) is 2.31. The summed E-state index contributed by atoms with van der Waals surface area (Å²) in [5.41, 5.74) is 0.837. The zero-order valence-electron chi connectivity index (χ0n) is 8.72. The molecule has 0 bridgehead atoms. The van der Waals surface area contributed by atoms with E-state index in [0.717, 1.165) is 31.7 Å². The van der Waals surface area contributed by atoms with Crippen LogP contribution in [0.15, 0.2) is 24.5 Å². The Morgan fingerprint density at radius 2 is 2.00 bits per heavy atom. The summed E-state index contributed by atoms with van der Waals surface area (Å²) >= 11 is 0. The number of hydrogen-bond donors (Lipinski definition) is 1. The van der Waals surface area contributed by atoms with Crippen LogP contribution in [-0.4, -0.2) is 42.6 Å². The van der Waals surface area contributed by atoms with Crippen LogP contribution in [0.5, 0.6) is 0 Å². The van der Waals surface area contributed by atoms with Gasteiger partial charge in [-0.15, -0.1) is 0 Å². The van der Waals surface area contributed by atoms with E-state index in [1.54, 1.807) is 24.5 Å². The van der Waals surface area contributed by atoms with Crippen LogP contribution in [0, 0.1) is 0 Å². The molecule has 0 spiro atoms. The molecule has 0 saturated carbocycles. The van der Waals surface area contributed by atoms with Crippen molar-refractivity contribution in [3.05, 3.63) is 30.1 Å². The number of piperazine rings is 1. The second kappa shape index (κ2) is 5.21. The Kier molecular flexibility index (Phi) is 3.66. The lowest BCUT2D eigenvalue weighted by Crippen LogP contribution is -2.44. The summed E-state index contributed by atoms with van der Waals surface area (Å²) in [5, 5.41) is 15.2. The van der Waals surface area contributed by atoms with Crippen molar-refractivity contribution < 1.29 is 5.11 Å². The van der Waals surface area contributed by atoms with Gasteiger partial charge in [0.1, 0.15) is 6.10 Å². The lowest BCUT2D eigenvalue weighted by Gasteiger charge is -2.28. The third-order valence-corrected chi connectivity index (χ3v) is 2.71. The van der Waals surface area contributed by atoms with E-state index >= 15 is 0 Å². The molecule has 1 radical (unpaired) electrons. The lowest BCUT2D eigenvalue weighted by molar-refractivity contribution is 0.0460. The zero-order chi connectivity index (χ0) is 10.5. The van der Waals surface area contributed by atoms with Gasteiger partial charge in [-0.1, -0.05) is 0 Å². The van der Waals surface area contributed by atoms with Crippen LogP contribution in [0.25, 0.3) is 0 Å². The first-order chi connectivity index (χ1) is 7.36. The first kappa shape index (κ1) is 10.5. The Labute approximate surface area is 89.9 Å². The fraction of sp³-hybridized carbons (Fsp3) is 0.545. The highest BCUT2D eigenvalue weighted by Gasteiger charge is 2.16. The number of aromatic nitrogens is 1. The third-order valence-electron chi connectivity index (χ3n) is 2.71. The Morgan fingerprint density at radius 1 is 1.33 bits per heavy atom. The SMILES string of the molecule is [O]C(CN1CCNCC1)c1ccncc1. The van der Waals surface area contributed by atoms with Crippen molar-refractivity contribution in [1.29, 1.82) is 0 Å². The van der Waals surface area contributed by atoms with Gasteiger partial charge in [-0.25, -0.2) is 5.11 Å². The Bertz CT molecular complexity index is 285. The van der Waals surface area contributed by atoms with Crippen molar-refractivity contribution in [1.82, 2.24) is 15.2 Å². The molecule has 4 heteroatoms. The maximum atomic E-state index is 11.9. The van der Waals surface area contributed by atoms with Crippen LogP contribution in [0.3, 0.4) is 0 Å². The molecular formula is C11H16N3O. The molecule has 1 aromatic heterocycles. The number of nitrogens with zero attached hydrogens (tertiary/aromatic N) is 2. The molecule has 0 aliphatic carbocycles. The van der Waals surface area contributed by atoms with E-state index in [0.29, 0.717) is 6.54 Å². The van der Waals surface area contributed by atoms with Crippen LogP contribution in [0.2, 0.25) is 0 Å². The number of pyridine rings is 1. The van der Waals surface area contributed by atoms with Crippen molar-refractivity contribution in [2.24, 2.45) is 0 Å². The normalized spacial score (nSPS) is 20.1. The van der Waals surface area contributed by atoms with Gasteiger partial charge in [-0.3, -0.25) is 9.88 Å². The predicted molar refractivity (Wildman–Crippen MR) is 57.0 cm³/mol. The Morgan fingerprint density at radius 3 is 2.67 bits per heavy atom. The molecule has 2 heterocycles. The van der Waals surface area contributed by atoms with Gasteiger partial charge in [-0.2, -0.15) is 0 Å². The second-order valence-corrected chi connectivity index (χ2v) is 3.82. The molecule has 81 valence electrons. The van der Waals surface area contributed by atoms with E-state index in [4.69, 9.17) is 0 Å². The van der Waals surface area contributed by atoms with E-state index in [-0.39, 0.29) is 0 Å². The van der Waals surface area contributed by atoms with Gasteiger partial charge in [0.15, 0.2) is 0 Å². The standard InChI is InChI=1S/C11H16N3O/c15-11(10-1-3-12-4-2-10)9-14-7-5-13-6-8-14/h1-4,11,13H,5-9H2. The summed E-state index contributed by atoms with van der Waals surface area (Å²) in [6.45, 7) is 4.53. The van der Waals surface area contributed by atoms with Crippen molar-refractivity contribution >= 4 is 0 Å². The van der Waals surface area contributed by atoms with Gasteiger partial charge in [0.2, 0.25) is 0 Å². The van der Waals surface area contributed by atoms with Crippen LogP contribution in [0.4, 0.5) is 0 Å². The van der Waals surface area contributed by atoms with Gasteiger partial charge in [0.25, 0.3) is 0 Å². The highest BCUT2D eigenvalue weighted by molar-refractivity contribution is 5.13. The Balaban J connectivity index is 1.88. The minimum Gasteiger partial charge on any atom is -0.314 e. The topological polar surface area (TPSA) is 48.1 Å². The molecule has 2 rings (SSSR count). The van der Waals surface area contributed by atoms with Crippen molar-refractivity contribution in [3.8, 4) is 0 Å². The van der Waals surface area contributed by atoms with Crippen LogP contribution < -0.4 is 5.32 Å². The number of hydrogen-bond acceptors (Lipinski definition) is 3. The lowest BCUT2D eigenvalue weighted by atomic mass is 10.1. The molecule has 1 unspecified atom stereocenters. The van der Waals surface area contributed by atoms with Crippen molar-refractivity contribution in [3.63, 3.8) is 0 Å². The summed E-state index contributed by atoms with van der Waals surface area (Å²) in [7, 11) is 0. The largest absolute Gasteiger partial charge is 0.314 e. The van der Waals surface area contributed by atoms with Crippen LogP contribution in [-0.2, 0) is 5.11 Å². The van der Waals surface area contributed by atoms with E-state index < -0.39 is 6.10 Å². The van der Waals surface area contributed by atoms with Gasteiger partial charge in [0, 0.05) is 45.1 Å². The number of nitrogens with one attached hydrogen (secondary N) is 1. The molecule has 1 atom stereocenters. The van der Waals surface area contributed by atoms with E-state index in [1.165, 1.54) is 0 Å². The molecule has 0 amide bonds. The Hall–Kier alpha value is -0.970. The maximum absolute atomic E-state index is 11.9. The third kappa shape index (κ3) is 2.99. The van der Waals surface area contributed by atoms with Gasteiger partial charge >= 0.3 is 0 Å². The highest BCUT2D eigenvalue weighted by atomic mass is 16.3. The molecule has 1 fully saturated rings. The summed E-state index contributed by atoms with van der Waals surface area (Å²) in [6, 6.07) is 3.61. The second-order valence-electron chi connectivity index (χ2n) is 3.82. The van der Waals surface area contributed by atoms with Gasteiger partial charge in [-0.05, 0) is 17.7 Å². The highest BCUT2D eigenvalue weighted by Crippen LogP contribution is 2.13. The first-order valence-corrected chi connectivity index (χ1v) is 5.35. The van der Waals surface area contributed by atoms with Crippen LogP contribution in [0.1, 0.15) is 11.7 Å². The zero-order valence-corrected chi connectivity index (χ0v) is 8.72. The quantitative estimate of drug-likeness (QED) is 0.781. The molecule has 1 saturated heterocycles. The van der Waals surface area contributed by atoms with Crippen molar-refractivity contribution in [2.45, 2.75) is 6.10 Å². The van der Waals surface area contributed by atoms with Gasteiger partial charge < -0.3 is 5.32 Å². The number of rotatable bonds is 3. The molecule has 1 aromatic rings. The fourth-order valence-corrected chi connectivity index (χ4v) is 1.81. The summed E-state index contributed by atoms with van der Waals surface area (Å²) in [5.74, 6) is 0. The predicted octanol–water partition coefficient (Wildman–Crippen LogP) is 0.458. The maximum Gasteiger partial charge on any atom is 0.131 e. The molecule has 1 aliphatic heterocycles. The van der Waals surface area contributed by atoms with Crippen molar-refractivity contribution in [2.75, 3.05) is 32.7 Å². The summed E-state index contributed by atoms with van der Waals surface area (Å²) in [4.78, 5) is 6.13. The fourth-order valence-electron chi connectivity index (χ4n) is 1.81. The molecule has 4 nitrogen and oxygen atoms in total. The average molecular weight is 206 g/mol. The molecule has 1 aliphatic rings. The minimum atomic E-state index is -0.647. The van der Waals surface area contributed by atoms with E-state index in [1.807, 2.05) is 0 Å². The first-order valence-electron chi connectivity index (χ1n) is 5.35. The minimum absolute atomic E-state index is 0.603. The van der Waals surface area contributed by atoms with E-state index in [2.05, 4.69) is 15.2 Å².